The smallest absolute Gasteiger partial charge is 0.246 e. The summed E-state index contributed by atoms with van der Waals surface area (Å²) in [5, 5.41) is 12.9. The Morgan fingerprint density at radius 1 is 0.978 bits per heavy atom. The van der Waals surface area contributed by atoms with Gasteiger partial charge in [-0.2, -0.15) is 0 Å². The van der Waals surface area contributed by atoms with E-state index in [1.54, 1.807) is 24.3 Å². The summed E-state index contributed by atoms with van der Waals surface area (Å²) >= 11 is 0. The Labute approximate surface area is 267 Å². The summed E-state index contributed by atoms with van der Waals surface area (Å²) in [6, 6.07) is 13.9. The number of rotatable bonds is 20. The summed E-state index contributed by atoms with van der Waals surface area (Å²) in [4.78, 5) is 28.3. The van der Waals surface area contributed by atoms with E-state index in [1.807, 2.05) is 44.2 Å². The van der Waals surface area contributed by atoms with Crippen molar-refractivity contribution >= 4 is 31.7 Å². The molecule has 0 radical (unpaired) electrons. The lowest BCUT2D eigenvalue weighted by Crippen LogP contribution is -2.56. The largest absolute Gasteiger partial charge is 0.497 e. The summed E-state index contributed by atoms with van der Waals surface area (Å²) in [5.41, 5.74) is 7.87. The van der Waals surface area contributed by atoms with Gasteiger partial charge in [-0.1, -0.05) is 69.2 Å². The van der Waals surface area contributed by atoms with Crippen molar-refractivity contribution in [3.8, 4) is 5.75 Å². The molecule has 0 bridgehead atoms. The number of carbonyl (C=O) groups excluding carboxylic acids is 2. The van der Waals surface area contributed by atoms with Crippen LogP contribution in [0.5, 0.6) is 5.75 Å². The quantitative estimate of drug-likeness (QED) is 0.162. The van der Waals surface area contributed by atoms with Crippen LogP contribution in [0.1, 0.15) is 50.7 Å². The van der Waals surface area contributed by atoms with Gasteiger partial charge in [0.05, 0.1) is 37.0 Å². The topological polar surface area (TPSA) is 185 Å². The lowest BCUT2D eigenvalue weighted by molar-refractivity contribution is -0.137. The molecule has 0 fully saturated rings. The number of hydrogen-bond acceptors (Lipinski definition) is 9. The van der Waals surface area contributed by atoms with Crippen molar-refractivity contribution in [1.82, 2.24) is 14.9 Å². The van der Waals surface area contributed by atoms with Crippen LogP contribution >= 0.6 is 0 Å². The maximum atomic E-state index is 14.2. The Hall–Kier alpha value is -3.04. The van der Waals surface area contributed by atoms with Crippen molar-refractivity contribution in [3.05, 3.63) is 65.7 Å². The minimum Gasteiger partial charge on any atom is -0.497 e. The van der Waals surface area contributed by atoms with E-state index in [4.69, 9.17) is 10.5 Å². The third-order valence-electron chi connectivity index (χ3n) is 7.29. The van der Waals surface area contributed by atoms with E-state index in [1.165, 1.54) is 12.0 Å². The number of aliphatic hydroxyl groups is 1. The van der Waals surface area contributed by atoms with Crippen LogP contribution in [0.15, 0.2) is 54.6 Å². The van der Waals surface area contributed by atoms with E-state index in [-0.39, 0.29) is 13.1 Å². The van der Waals surface area contributed by atoms with Gasteiger partial charge in [0, 0.05) is 19.1 Å². The standard InChI is InChI=1S/C31H48N4O8S2/c1-5-11-26(12-6-2)45(41,42)22-28(34-30(37)19-33-44(4,39)40)31(38)35(20-24-15-10-16-25(17-24)43-3)21-29(36)27(32)18-23-13-8-7-9-14-23/h7-10,13-17,26-29,33,36H,5-6,11-12,18-22,32H2,1-4H3,(H,34,37)/t27-,28-,29+/m0/s1. The number of nitrogens with one attached hydrogen (secondary N) is 2. The van der Waals surface area contributed by atoms with E-state index in [0.29, 0.717) is 43.4 Å². The minimum absolute atomic E-state index is 0.0491. The highest BCUT2D eigenvalue weighted by atomic mass is 32.2. The highest BCUT2D eigenvalue weighted by molar-refractivity contribution is 7.92. The zero-order valence-electron chi connectivity index (χ0n) is 26.5. The number of carbonyl (C=O) groups is 2. The van der Waals surface area contributed by atoms with Crippen molar-refractivity contribution < 1.29 is 36.3 Å². The van der Waals surface area contributed by atoms with Gasteiger partial charge in [0.15, 0.2) is 9.84 Å². The normalized spacial score (nSPS) is 14.0. The van der Waals surface area contributed by atoms with Crippen molar-refractivity contribution in [3.63, 3.8) is 0 Å². The molecular weight excluding hydrogens is 620 g/mol. The summed E-state index contributed by atoms with van der Waals surface area (Å²) in [6.07, 6.45) is 2.00. The predicted octanol–water partition coefficient (Wildman–Crippen LogP) is 1.37. The Balaban J connectivity index is 2.46. The number of nitrogens with two attached hydrogens (primary N) is 1. The maximum Gasteiger partial charge on any atom is 0.246 e. The molecule has 0 aliphatic carbocycles. The zero-order chi connectivity index (χ0) is 33.6. The first-order chi connectivity index (χ1) is 21.2. The first-order valence-corrected chi connectivity index (χ1v) is 18.6. The fourth-order valence-corrected chi connectivity index (χ4v) is 7.51. The lowest BCUT2D eigenvalue weighted by atomic mass is 10.0. The molecule has 0 aliphatic rings. The number of sulfone groups is 1. The van der Waals surface area contributed by atoms with E-state index in [0.717, 1.165) is 11.8 Å². The van der Waals surface area contributed by atoms with Crippen LogP contribution in [-0.4, -0.2) is 94.3 Å². The molecule has 2 amide bonds. The van der Waals surface area contributed by atoms with Gasteiger partial charge in [-0.05, 0) is 42.5 Å². The van der Waals surface area contributed by atoms with Crippen molar-refractivity contribution in [2.75, 3.05) is 32.2 Å². The molecule has 0 unspecified atom stereocenters. The molecule has 0 spiro atoms. The molecular formula is C31H48N4O8S2. The molecule has 0 saturated carbocycles. The zero-order valence-corrected chi connectivity index (χ0v) is 28.1. The maximum absolute atomic E-state index is 14.2. The number of amides is 2. The molecule has 45 heavy (non-hydrogen) atoms. The second-order valence-electron chi connectivity index (χ2n) is 11.2. The molecule has 5 N–H and O–H groups in total. The molecule has 0 aromatic heterocycles. The molecule has 3 atom stereocenters. The molecule has 14 heteroatoms. The third-order valence-corrected chi connectivity index (χ3v) is 10.2. The molecule has 0 aliphatic heterocycles. The number of benzene rings is 2. The van der Waals surface area contributed by atoms with Crippen LogP contribution < -0.4 is 20.5 Å². The summed E-state index contributed by atoms with van der Waals surface area (Å²) in [7, 11) is -6.13. The van der Waals surface area contributed by atoms with Crippen LogP contribution in [-0.2, 0) is 42.4 Å². The van der Waals surface area contributed by atoms with E-state index in [9.17, 15) is 31.5 Å². The van der Waals surface area contributed by atoms with Gasteiger partial charge in [-0.3, -0.25) is 9.59 Å². The van der Waals surface area contributed by atoms with Gasteiger partial charge in [0.1, 0.15) is 11.8 Å². The molecule has 0 saturated heterocycles. The van der Waals surface area contributed by atoms with Gasteiger partial charge >= 0.3 is 0 Å². The van der Waals surface area contributed by atoms with Crippen LogP contribution in [0, 0.1) is 0 Å². The fourth-order valence-electron chi connectivity index (χ4n) is 4.96. The van der Waals surface area contributed by atoms with Crippen LogP contribution in [0.4, 0.5) is 0 Å². The number of nitrogens with zero attached hydrogens (tertiary/aromatic N) is 1. The highest BCUT2D eigenvalue weighted by Crippen LogP contribution is 2.20. The molecule has 12 nitrogen and oxygen atoms in total. The van der Waals surface area contributed by atoms with Gasteiger partial charge < -0.3 is 25.8 Å². The Kier molecular flexibility index (Phi) is 15.4. The molecule has 2 rings (SSSR count). The van der Waals surface area contributed by atoms with Crippen LogP contribution in [0.25, 0.3) is 0 Å². The van der Waals surface area contributed by atoms with Crippen molar-refractivity contribution in [2.24, 2.45) is 5.73 Å². The Bertz CT molecular complexity index is 1430. The number of aliphatic hydroxyl groups excluding tert-OH is 1. The molecule has 2 aromatic rings. The highest BCUT2D eigenvalue weighted by Gasteiger charge is 2.35. The molecule has 252 valence electrons. The predicted molar refractivity (Wildman–Crippen MR) is 175 cm³/mol. The van der Waals surface area contributed by atoms with Crippen molar-refractivity contribution in [1.29, 1.82) is 0 Å². The first-order valence-electron chi connectivity index (χ1n) is 15.0. The number of ether oxygens (including phenoxy) is 1. The summed E-state index contributed by atoms with van der Waals surface area (Å²) in [5.74, 6) is -1.80. The first kappa shape index (κ1) is 38.1. The second kappa shape index (κ2) is 18.2. The Morgan fingerprint density at radius 3 is 2.18 bits per heavy atom. The average Bonchev–Trinajstić information content (AvgIpc) is 2.99. The SMILES string of the molecule is CCCC(CCC)S(=O)(=O)C[C@H](NC(=O)CNS(C)(=O)=O)C(=O)N(Cc1cccc(OC)c1)C[C@@H](O)[C@@H](N)Cc1ccccc1. The van der Waals surface area contributed by atoms with Gasteiger partial charge in [0.25, 0.3) is 0 Å². The number of sulfonamides is 1. The second-order valence-corrected chi connectivity index (χ2v) is 15.4. The summed E-state index contributed by atoms with van der Waals surface area (Å²) < 4.78 is 57.7. The fraction of sp³-hybridized carbons (Fsp3) is 0.548. The number of methoxy groups -OCH3 is 1. The lowest BCUT2D eigenvalue weighted by Gasteiger charge is -2.32. The Morgan fingerprint density at radius 2 is 1.60 bits per heavy atom. The summed E-state index contributed by atoms with van der Waals surface area (Å²) in [6.45, 7) is 2.75. The minimum atomic E-state index is -3.89. The van der Waals surface area contributed by atoms with E-state index in [2.05, 4.69) is 10.0 Å². The van der Waals surface area contributed by atoms with Gasteiger partial charge in [-0.15, -0.1) is 0 Å². The monoisotopic (exact) mass is 668 g/mol. The van der Waals surface area contributed by atoms with Gasteiger partial charge in [0.2, 0.25) is 21.8 Å². The van der Waals surface area contributed by atoms with Crippen molar-refractivity contribution in [2.45, 2.75) is 75.9 Å². The average molecular weight is 669 g/mol. The van der Waals surface area contributed by atoms with Crippen LogP contribution in [0.3, 0.4) is 0 Å². The van der Waals surface area contributed by atoms with Crippen LogP contribution in [0.2, 0.25) is 0 Å². The third kappa shape index (κ3) is 13.5. The molecule has 2 aromatic carbocycles. The number of hydrogen-bond donors (Lipinski definition) is 4. The molecule has 0 heterocycles. The van der Waals surface area contributed by atoms with Gasteiger partial charge in [-0.25, -0.2) is 21.6 Å². The van der Waals surface area contributed by atoms with E-state index >= 15 is 0 Å². The van der Waals surface area contributed by atoms with E-state index < -0.39 is 67.4 Å².